The van der Waals surface area contributed by atoms with Gasteiger partial charge < -0.3 is 31.9 Å². The number of ether oxygens (including phenoxy) is 2. The van der Waals surface area contributed by atoms with Gasteiger partial charge in [-0.1, -0.05) is 36.4 Å². The molecule has 1 heterocycles. The highest BCUT2D eigenvalue weighted by molar-refractivity contribution is 5.77. The molecule has 0 bridgehead atoms. The lowest BCUT2D eigenvalue weighted by atomic mass is 10.2. The lowest BCUT2D eigenvalue weighted by molar-refractivity contribution is -0.135. The molecular formula is C21H26ClN2O4-. The van der Waals surface area contributed by atoms with E-state index in [2.05, 4.69) is 4.90 Å². The van der Waals surface area contributed by atoms with Crippen LogP contribution in [-0.4, -0.2) is 72.9 Å². The van der Waals surface area contributed by atoms with Crippen molar-refractivity contribution in [1.82, 2.24) is 9.80 Å². The number of amides is 1. The van der Waals surface area contributed by atoms with Gasteiger partial charge in [0.15, 0.2) is 6.61 Å². The SMILES string of the molecule is O=C(COc1ccccc1)N1CCN(CC(O)COc2ccccc2)CC1.[Cl-]. The molecule has 1 saturated heterocycles. The van der Waals surface area contributed by atoms with Crippen LogP contribution in [0.1, 0.15) is 0 Å². The van der Waals surface area contributed by atoms with Gasteiger partial charge >= 0.3 is 0 Å². The van der Waals surface area contributed by atoms with Gasteiger partial charge in [-0.15, -0.1) is 0 Å². The molecule has 1 unspecified atom stereocenters. The van der Waals surface area contributed by atoms with Gasteiger partial charge in [-0.25, -0.2) is 0 Å². The van der Waals surface area contributed by atoms with Crippen LogP contribution in [0, 0.1) is 0 Å². The van der Waals surface area contributed by atoms with Gasteiger partial charge in [0.2, 0.25) is 0 Å². The molecule has 3 rings (SSSR count). The average molecular weight is 406 g/mol. The summed E-state index contributed by atoms with van der Waals surface area (Å²) in [4.78, 5) is 16.2. The number of hydrogen-bond donors (Lipinski definition) is 1. The number of benzene rings is 2. The predicted octanol–water partition coefficient (Wildman–Crippen LogP) is -1.35. The Bertz CT molecular complexity index is 694. The molecule has 0 aliphatic carbocycles. The van der Waals surface area contributed by atoms with E-state index in [-0.39, 0.29) is 31.5 Å². The third kappa shape index (κ3) is 7.03. The Morgan fingerprint density at radius 2 is 1.43 bits per heavy atom. The van der Waals surface area contributed by atoms with Crippen LogP contribution >= 0.6 is 0 Å². The van der Waals surface area contributed by atoms with Crippen molar-refractivity contribution in [3.05, 3.63) is 60.7 Å². The normalized spacial score (nSPS) is 15.4. The summed E-state index contributed by atoms with van der Waals surface area (Å²) in [6.07, 6.45) is -0.561. The number of nitrogens with zero attached hydrogens (tertiary/aromatic N) is 2. The topological polar surface area (TPSA) is 62.2 Å². The molecule has 2 aromatic carbocycles. The zero-order valence-electron chi connectivity index (χ0n) is 15.7. The van der Waals surface area contributed by atoms with E-state index < -0.39 is 6.10 Å². The minimum Gasteiger partial charge on any atom is -1.00 e. The molecular weight excluding hydrogens is 380 g/mol. The van der Waals surface area contributed by atoms with E-state index in [1.807, 2.05) is 65.6 Å². The molecule has 1 N–H and O–H groups in total. The summed E-state index contributed by atoms with van der Waals surface area (Å²) >= 11 is 0. The highest BCUT2D eigenvalue weighted by Crippen LogP contribution is 2.11. The van der Waals surface area contributed by atoms with Gasteiger partial charge in [0.25, 0.3) is 5.91 Å². The van der Waals surface area contributed by atoms with E-state index >= 15 is 0 Å². The van der Waals surface area contributed by atoms with E-state index in [1.165, 1.54) is 0 Å². The van der Waals surface area contributed by atoms with Gasteiger partial charge in [-0.05, 0) is 24.3 Å². The molecule has 7 heteroatoms. The minimum atomic E-state index is -0.561. The largest absolute Gasteiger partial charge is 1.00 e. The summed E-state index contributed by atoms with van der Waals surface area (Å²) in [5.41, 5.74) is 0. The lowest BCUT2D eigenvalue weighted by Crippen LogP contribution is -3.00. The van der Waals surface area contributed by atoms with Crippen molar-refractivity contribution in [1.29, 1.82) is 0 Å². The van der Waals surface area contributed by atoms with Crippen molar-refractivity contribution in [3.8, 4) is 11.5 Å². The van der Waals surface area contributed by atoms with Crippen molar-refractivity contribution in [3.63, 3.8) is 0 Å². The predicted molar refractivity (Wildman–Crippen MR) is 103 cm³/mol. The number of rotatable bonds is 8. The summed E-state index contributed by atoms with van der Waals surface area (Å²) in [6.45, 7) is 3.60. The van der Waals surface area contributed by atoms with E-state index in [9.17, 15) is 9.90 Å². The number of β-amino-alcohol motifs (C(OH)–C–C–N with tert-alkyl or cyclic N) is 1. The Balaban J connectivity index is 0.00000280. The average Bonchev–Trinajstić information content (AvgIpc) is 2.72. The summed E-state index contributed by atoms with van der Waals surface area (Å²) in [7, 11) is 0. The number of hydrogen-bond acceptors (Lipinski definition) is 5. The number of carbonyl (C=O) groups excluding carboxylic acids is 1. The number of piperazine rings is 1. The van der Waals surface area contributed by atoms with Gasteiger partial charge in [-0.2, -0.15) is 0 Å². The molecule has 152 valence electrons. The van der Waals surface area contributed by atoms with Crippen molar-refractivity contribution in [2.24, 2.45) is 0 Å². The summed E-state index contributed by atoms with van der Waals surface area (Å²) in [5.74, 6) is 1.45. The zero-order chi connectivity index (χ0) is 18.9. The smallest absolute Gasteiger partial charge is 0.260 e. The van der Waals surface area contributed by atoms with Crippen LogP contribution in [-0.2, 0) is 4.79 Å². The molecule has 2 aromatic rings. The summed E-state index contributed by atoms with van der Waals surface area (Å²) < 4.78 is 11.1. The van der Waals surface area contributed by atoms with Crippen molar-refractivity contribution < 1.29 is 31.8 Å². The number of carbonyl (C=O) groups is 1. The van der Waals surface area contributed by atoms with E-state index in [0.717, 1.165) is 18.8 Å². The van der Waals surface area contributed by atoms with Crippen LogP contribution in [0.2, 0.25) is 0 Å². The first-order valence-electron chi connectivity index (χ1n) is 9.24. The summed E-state index contributed by atoms with van der Waals surface area (Å²) in [6, 6.07) is 18.8. The monoisotopic (exact) mass is 405 g/mol. The fourth-order valence-electron chi connectivity index (χ4n) is 2.99. The van der Waals surface area contributed by atoms with E-state index in [4.69, 9.17) is 9.47 Å². The van der Waals surface area contributed by atoms with Crippen LogP contribution < -0.4 is 21.9 Å². The maximum absolute atomic E-state index is 12.3. The molecule has 6 nitrogen and oxygen atoms in total. The molecule has 1 aliphatic rings. The Labute approximate surface area is 172 Å². The second-order valence-corrected chi connectivity index (χ2v) is 6.56. The third-order valence-corrected chi connectivity index (χ3v) is 4.49. The minimum absolute atomic E-state index is 0. The van der Waals surface area contributed by atoms with Crippen LogP contribution in [0.4, 0.5) is 0 Å². The quantitative estimate of drug-likeness (QED) is 0.588. The Hall–Kier alpha value is -2.28. The van der Waals surface area contributed by atoms with Crippen LogP contribution in [0.5, 0.6) is 11.5 Å². The van der Waals surface area contributed by atoms with Crippen LogP contribution in [0.15, 0.2) is 60.7 Å². The molecule has 1 amide bonds. The van der Waals surface area contributed by atoms with Gasteiger partial charge in [0, 0.05) is 32.7 Å². The maximum atomic E-state index is 12.3. The number of aliphatic hydroxyl groups is 1. The van der Waals surface area contributed by atoms with Crippen LogP contribution in [0.25, 0.3) is 0 Å². The summed E-state index contributed by atoms with van der Waals surface area (Å²) in [5, 5.41) is 10.2. The van der Waals surface area contributed by atoms with Gasteiger partial charge in [0.05, 0.1) is 0 Å². The molecule has 0 aromatic heterocycles. The molecule has 28 heavy (non-hydrogen) atoms. The second kappa shape index (κ2) is 11.5. The third-order valence-electron chi connectivity index (χ3n) is 4.49. The standard InChI is InChI=1S/C21H26N2O4.ClH/c24-18(16-26-19-7-3-1-4-8-19)15-22-11-13-23(14-12-22)21(25)17-27-20-9-5-2-6-10-20;/h1-10,18,24H,11-17H2;1H/p-1. The van der Waals surface area contributed by atoms with Gasteiger partial charge in [0.1, 0.15) is 24.2 Å². The fourth-order valence-corrected chi connectivity index (χ4v) is 2.99. The van der Waals surface area contributed by atoms with Crippen LogP contribution in [0.3, 0.4) is 0 Å². The molecule has 0 spiro atoms. The molecule has 1 fully saturated rings. The first-order valence-corrected chi connectivity index (χ1v) is 9.24. The molecule has 0 saturated carbocycles. The van der Waals surface area contributed by atoms with Crippen molar-refractivity contribution in [2.75, 3.05) is 45.9 Å². The Kier molecular flexibility index (Phi) is 9.07. The van der Waals surface area contributed by atoms with Crippen molar-refractivity contribution >= 4 is 5.91 Å². The highest BCUT2D eigenvalue weighted by atomic mass is 35.5. The van der Waals surface area contributed by atoms with E-state index in [0.29, 0.717) is 25.4 Å². The lowest BCUT2D eigenvalue weighted by Gasteiger charge is -2.35. The number of para-hydroxylation sites is 2. The number of aliphatic hydroxyl groups excluding tert-OH is 1. The molecule has 0 radical (unpaired) electrons. The molecule has 1 aliphatic heterocycles. The van der Waals surface area contributed by atoms with Gasteiger partial charge in [-0.3, -0.25) is 9.69 Å². The molecule has 1 atom stereocenters. The first-order chi connectivity index (χ1) is 13.2. The van der Waals surface area contributed by atoms with E-state index in [1.54, 1.807) is 0 Å². The Morgan fingerprint density at radius 1 is 0.893 bits per heavy atom. The zero-order valence-corrected chi connectivity index (χ0v) is 16.5. The second-order valence-electron chi connectivity index (χ2n) is 6.56. The first kappa shape index (κ1) is 22.0. The Morgan fingerprint density at radius 3 is 2.00 bits per heavy atom. The maximum Gasteiger partial charge on any atom is 0.260 e. The number of halogens is 1. The van der Waals surface area contributed by atoms with Crippen molar-refractivity contribution in [2.45, 2.75) is 6.10 Å². The fraction of sp³-hybridized carbons (Fsp3) is 0.381. The highest BCUT2D eigenvalue weighted by Gasteiger charge is 2.23.